The van der Waals surface area contributed by atoms with Crippen LogP contribution in [0.15, 0.2) is 54.9 Å². The molecule has 2 atom stereocenters. The highest BCUT2D eigenvalue weighted by molar-refractivity contribution is 6.06. The van der Waals surface area contributed by atoms with Crippen LogP contribution in [-0.2, 0) is 20.4 Å². The molecule has 0 saturated carbocycles. The number of aromatic nitrogens is 4. The zero-order valence-electron chi connectivity index (χ0n) is 23.3. The van der Waals surface area contributed by atoms with Gasteiger partial charge in [-0.15, -0.1) is 0 Å². The third-order valence-electron chi connectivity index (χ3n) is 7.41. The Bertz CT molecular complexity index is 1740. The minimum atomic E-state index is -4.57. The van der Waals surface area contributed by atoms with Gasteiger partial charge in [0.25, 0.3) is 5.91 Å². The maximum atomic E-state index is 13.1. The number of alkyl halides is 3. The molecule has 228 valence electrons. The fourth-order valence-corrected chi connectivity index (χ4v) is 5.32. The standard InChI is InChI=1S/C30H28F3N7O4/c31-30(32,33)20-7-9-35-23(12-20)38-29(42)18-5-3-17(4-6-18)26-25-27-19(14-36-28(25)34)2-1-10-43-11-8-24(41)37-21-13-22(16-44-15-21)40(27)39-26/h1-7,9,12,14,21-22H,8,10-11,13,15-16H2,(H2,34,36)(H,37,41)(H,35,38,42)/b2-1+/t21-,22-/m0/s1. The van der Waals surface area contributed by atoms with Gasteiger partial charge in [-0.1, -0.05) is 24.3 Å². The van der Waals surface area contributed by atoms with Crippen LogP contribution >= 0.6 is 0 Å². The van der Waals surface area contributed by atoms with Gasteiger partial charge in [0.2, 0.25) is 5.91 Å². The van der Waals surface area contributed by atoms with Crippen molar-refractivity contribution in [2.75, 3.05) is 37.5 Å². The summed E-state index contributed by atoms with van der Waals surface area (Å²) in [6, 6.07) is 7.61. The molecule has 0 aliphatic carbocycles. The number of hydrogen-bond acceptors (Lipinski definition) is 8. The van der Waals surface area contributed by atoms with Crippen molar-refractivity contribution in [3.63, 3.8) is 0 Å². The molecule has 1 saturated heterocycles. The Balaban J connectivity index is 1.35. The van der Waals surface area contributed by atoms with Crippen LogP contribution in [0.25, 0.3) is 28.2 Å². The van der Waals surface area contributed by atoms with Gasteiger partial charge in [-0.2, -0.15) is 18.3 Å². The number of hydrogen-bond donors (Lipinski definition) is 3. The molecular formula is C30H28F3N7O4. The van der Waals surface area contributed by atoms with Crippen LogP contribution in [-0.4, -0.2) is 64.0 Å². The van der Waals surface area contributed by atoms with Gasteiger partial charge >= 0.3 is 6.18 Å². The van der Waals surface area contributed by atoms with Gasteiger partial charge < -0.3 is 25.8 Å². The van der Waals surface area contributed by atoms with E-state index in [0.29, 0.717) is 42.9 Å². The third kappa shape index (κ3) is 6.12. The lowest BCUT2D eigenvalue weighted by atomic mass is 10.0. The molecule has 44 heavy (non-hydrogen) atoms. The summed E-state index contributed by atoms with van der Waals surface area (Å²) in [5, 5.41) is 11.0. The van der Waals surface area contributed by atoms with Gasteiger partial charge in [-0.3, -0.25) is 14.3 Å². The first kappa shape index (κ1) is 29.3. The second-order valence-corrected chi connectivity index (χ2v) is 10.5. The van der Waals surface area contributed by atoms with Crippen molar-refractivity contribution in [3.05, 3.63) is 71.6 Å². The molecule has 4 aromatic rings. The number of nitrogens with two attached hydrogens (primary N) is 1. The molecule has 0 spiro atoms. The summed E-state index contributed by atoms with van der Waals surface area (Å²) < 4.78 is 52.5. The van der Waals surface area contributed by atoms with E-state index in [2.05, 4.69) is 20.6 Å². The molecule has 1 fully saturated rings. The Hall–Kier alpha value is -4.82. The number of fused-ring (bicyclic) bond motifs is 3. The van der Waals surface area contributed by atoms with E-state index in [1.807, 2.05) is 16.8 Å². The molecule has 3 aromatic heterocycles. The molecule has 5 heterocycles. The van der Waals surface area contributed by atoms with Crippen LogP contribution < -0.4 is 16.4 Å². The van der Waals surface area contributed by atoms with E-state index in [-0.39, 0.29) is 48.2 Å². The number of benzene rings is 1. The summed E-state index contributed by atoms with van der Waals surface area (Å²) in [6.07, 6.45) is 2.61. The lowest BCUT2D eigenvalue weighted by Crippen LogP contribution is -2.44. The molecule has 1 aromatic carbocycles. The number of carbonyl (C=O) groups is 2. The third-order valence-corrected chi connectivity index (χ3v) is 7.41. The molecule has 14 heteroatoms. The van der Waals surface area contributed by atoms with Gasteiger partial charge in [0.1, 0.15) is 17.3 Å². The second-order valence-electron chi connectivity index (χ2n) is 10.5. The maximum absolute atomic E-state index is 13.1. The first-order valence-corrected chi connectivity index (χ1v) is 13.9. The summed E-state index contributed by atoms with van der Waals surface area (Å²) in [7, 11) is 0. The lowest BCUT2D eigenvalue weighted by molar-refractivity contribution is -0.137. The molecule has 0 radical (unpaired) electrons. The van der Waals surface area contributed by atoms with Gasteiger partial charge in [0.05, 0.1) is 55.0 Å². The van der Waals surface area contributed by atoms with Crippen molar-refractivity contribution < 1.29 is 32.2 Å². The van der Waals surface area contributed by atoms with Crippen molar-refractivity contribution in [1.82, 2.24) is 25.1 Å². The molecule has 6 rings (SSSR count). The smallest absolute Gasteiger partial charge is 0.383 e. The molecule has 2 aliphatic rings. The lowest BCUT2D eigenvalue weighted by Gasteiger charge is -2.30. The number of pyridine rings is 2. The number of nitrogens with one attached hydrogen (secondary N) is 2. The molecule has 2 amide bonds. The van der Waals surface area contributed by atoms with E-state index in [0.717, 1.165) is 29.4 Å². The number of nitrogen functional groups attached to an aromatic ring is 1. The largest absolute Gasteiger partial charge is 0.416 e. The molecular weight excluding hydrogens is 579 g/mol. The Morgan fingerprint density at radius 1 is 1.11 bits per heavy atom. The number of carbonyl (C=O) groups excluding carboxylic acids is 2. The predicted octanol–water partition coefficient (Wildman–Crippen LogP) is 4.23. The fraction of sp³-hybridized carbons (Fsp3) is 0.300. The van der Waals surface area contributed by atoms with Gasteiger partial charge in [-0.05, 0) is 30.7 Å². The highest BCUT2D eigenvalue weighted by atomic mass is 19.4. The zero-order chi connectivity index (χ0) is 30.8. The van der Waals surface area contributed by atoms with E-state index in [1.54, 1.807) is 30.5 Å². The van der Waals surface area contributed by atoms with Crippen molar-refractivity contribution in [1.29, 1.82) is 0 Å². The monoisotopic (exact) mass is 607 g/mol. The number of anilines is 2. The topological polar surface area (TPSA) is 146 Å². The predicted molar refractivity (Wildman–Crippen MR) is 155 cm³/mol. The second kappa shape index (κ2) is 12.1. The van der Waals surface area contributed by atoms with Crippen molar-refractivity contribution in [2.24, 2.45) is 0 Å². The minimum Gasteiger partial charge on any atom is -0.383 e. The van der Waals surface area contributed by atoms with E-state index < -0.39 is 17.6 Å². The SMILES string of the molecule is Nc1ncc2c3c1c(-c1ccc(C(=O)Nc4cc(C(F)(F)F)ccn4)cc1)nn3[C@@H]1COC[C@H](C1)NC(=O)CCOC/C=C/2. The number of amides is 2. The van der Waals surface area contributed by atoms with Crippen LogP contribution in [0.3, 0.4) is 0 Å². The average molecular weight is 608 g/mol. The number of halogens is 3. The quantitative estimate of drug-likeness (QED) is 0.314. The average Bonchev–Trinajstić information content (AvgIpc) is 3.41. The highest BCUT2D eigenvalue weighted by Gasteiger charge is 2.31. The van der Waals surface area contributed by atoms with E-state index in [9.17, 15) is 22.8 Å². The Morgan fingerprint density at radius 3 is 2.73 bits per heavy atom. The van der Waals surface area contributed by atoms with Crippen molar-refractivity contribution in [2.45, 2.75) is 31.1 Å². The van der Waals surface area contributed by atoms with Crippen molar-refractivity contribution >= 4 is 40.4 Å². The number of ether oxygens (including phenoxy) is 2. The van der Waals surface area contributed by atoms with Crippen LogP contribution in [0.4, 0.5) is 24.8 Å². The molecule has 2 bridgehead atoms. The zero-order valence-corrected chi connectivity index (χ0v) is 23.3. The van der Waals surface area contributed by atoms with Gasteiger partial charge in [-0.25, -0.2) is 9.97 Å². The summed E-state index contributed by atoms with van der Waals surface area (Å²) in [4.78, 5) is 33.5. The van der Waals surface area contributed by atoms with Crippen LogP contribution in [0.1, 0.15) is 40.4 Å². The summed E-state index contributed by atoms with van der Waals surface area (Å²) in [5.74, 6) is -0.703. The highest BCUT2D eigenvalue weighted by Crippen LogP contribution is 2.37. The van der Waals surface area contributed by atoms with Gasteiger partial charge in [0, 0.05) is 35.5 Å². The van der Waals surface area contributed by atoms with Gasteiger partial charge in [0.15, 0.2) is 0 Å². The number of nitrogens with zero attached hydrogens (tertiary/aromatic N) is 4. The van der Waals surface area contributed by atoms with E-state index in [4.69, 9.17) is 20.3 Å². The Morgan fingerprint density at radius 2 is 1.93 bits per heavy atom. The fourth-order valence-electron chi connectivity index (χ4n) is 5.32. The minimum absolute atomic E-state index is 0.117. The first-order valence-electron chi connectivity index (χ1n) is 13.9. The van der Waals surface area contributed by atoms with Crippen LogP contribution in [0.2, 0.25) is 0 Å². The molecule has 0 unspecified atom stereocenters. The van der Waals surface area contributed by atoms with E-state index in [1.165, 1.54) is 0 Å². The van der Waals surface area contributed by atoms with E-state index >= 15 is 0 Å². The van der Waals surface area contributed by atoms with Crippen molar-refractivity contribution in [3.8, 4) is 11.3 Å². The first-order chi connectivity index (χ1) is 21.2. The molecule has 11 nitrogen and oxygen atoms in total. The normalized spacial score (nSPS) is 20.0. The summed E-state index contributed by atoms with van der Waals surface area (Å²) >= 11 is 0. The Labute approximate surface area is 249 Å². The summed E-state index contributed by atoms with van der Waals surface area (Å²) in [5.41, 5.74) is 8.37. The van der Waals surface area contributed by atoms with Crippen LogP contribution in [0.5, 0.6) is 0 Å². The van der Waals surface area contributed by atoms with Crippen LogP contribution in [0, 0.1) is 0 Å². The Kier molecular flexibility index (Phi) is 8.01. The maximum Gasteiger partial charge on any atom is 0.416 e. The molecule has 2 aliphatic heterocycles. The number of rotatable bonds is 3. The molecule has 4 N–H and O–H groups in total. The summed E-state index contributed by atoms with van der Waals surface area (Å²) in [6.45, 7) is 1.34.